The summed E-state index contributed by atoms with van der Waals surface area (Å²) in [4.78, 5) is 10.0. The van der Waals surface area contributed by atoms with E-state index in [0.29, 0.717) is 26.1 Å². The molecule has 1 atom stereocenters. The Morgan fingerprint density at radius 1 is 1.48 bits per heavy atom. The van der Waals surface area contributed by atoms with E-state index in [4.69, 9.17) is 17.3 Å². The number of piperidine rings is 1. The fourth-order valence-corrected chi connectivity index (χ4v) is 4.29. The van der Waals surface area contributed by atoms with Crippen molar-refractivity contribution in [2.75, 3.05) is 19.6 Å². The maximum atomic E-state index is 12.6. The Balaban J connectivity index is 2.42. The molecule has 0 spiro atoms. The molecule has 0 bridgehead atoms. The highest BCUT2D eigenvalue weighted by Crippen LogP contribution is 2.31. The molecule has 116 valence electrons. The Hall–Kier alpha value is -1.22. The molecule has 1 fully saturated rings. The molecule has 1 aliphatic heterocycles. The summed E-state index contributed by atoms with van der Waals surface area (Å²) in [5.74, 6) is 0.0832. The van der Waals surface area contributed by atoms with Crippen LogP contribution in [-0.2, 0) is 10.0 Å². The number of halogens is 1. The van der Waals surface area contributed by atoms with Crippen molar-refractivity contribution >= 4 is 27.3 Å². The number of sulfonamides is 1. The number of nitrogens with zero attached hydrogens (tertiary/aromatic N) is 2. The second kappa shape index (κ2) is 6.27. The Bertz CT molecular complexity index is 650. The molecule has 2 rings (SSSR count). The van der Waals surface area contributed by atoms with E-state index in [0.717, 1.165) is 12.5 Å². The lowest BCUT2D eigenvalue weighted by Crippen LogP contribution is -2.42. The van der Waals surface area contributed by atoms with Crippen LogP contribution in [0.25, 0.3) is 0 Å². The Morgan fingerprint density at radius 2 is 2.19 bits per heavy atom. The van der Waals surface area contributed by atoms with Gasteiger partial charge in [-0.25, -0.2) is 8.42 Å². The van der Waals surface area contributed by atoms with Gasteiger partial charge in [0.05, 0.1) is 4.92 Å². The standard InChI is InChI=1S/C12H16ClN3O4S/c13-10-3-4-12(11(6-10)16(17)18)21(19,20)15-5-1-2-9(7-14)8-15/h3-4,6,9H,1-2,5,7-8,14H2. The molecule has 7 nitrogen and oxygen atoms in total. The largest absolute Gasteiger partial charge is 0.330 e. The third-order valence-corrected chi connectivity index (χ3v) is 5.70. The zero-order valence-corrected chi connectivity index (χ0v) is 12.8. The average Bonchev–Trinajstić information content (AvgIpc) is 2.46. The predicted molar refractivity (Wildman–Crippen MR) is 78.6 cm³/mol. The smallest absolute Gasteiger partial charge is 0.290 e. The van der Waals surface area contributed by atoms with Gasteiger partial charge in [-0.3, -0.25) is 10.1 Å². The first-order valence-electron chi connectivity index (χ1n) is 6.50. The first-order chi connectivity index (χ1) is 9.86. The molecule has 2 N–H and O–H groups in total. The molecule has 1 heterocycles. The van der Waals surface area contributed by atoms with E-state index < -0.39 is 20.6 Å². The number of hydrogen-bond acceptors (Lipinski definition) is 5. The van der Waals surface area contributed by atoms with Crippen molar-refractivity contribution in [1.82, 2.24) is 4.31 Å². The molecule has 21 heavy (non-hydrogen) atoms. The van der Waals surface area contributed by atoms with Gasteiger partial charge in [0.15, 0.2) is 4.90 Å². The van der Waals surface area contributed by atoms with Crippen LogP contribution in [0.4, 0.5) is 5.69 Å². The lowest BCUT2D eigenvalue weighted by molar-refractivity contribution is -0.387. The molecule has 0 aliphatic carbocycles. The fourth-order valence-electron chi connectivity index (χ4n) is 2.43. The second-order valence-electron chi connectivity index (χ2n) is 4.98. The van der Waals surface area contributed by atoms with Crippen LogP contribution in [0.5, 0.6) is 0 Å². The molecule has 0 radical (unpaired) electrons. The number of nitro groups is 1. The molecular weight excluding hydrogens is 318 g/mol. The Kier molecular flexibility index (Phi) is 4.82. The third kappa shape index (κ3) is 3.34. The summed E-state index contributed by atoms with van der Waals surface area (Å²) in [6.45, 7) is 1.03. The fraction of sp³-hybridized carbons (Fsp3) is 0.500. The highest BCUT2D eigenvalue weighted by atomic mass is 35.5. The zero-order valence-electron chi connectivity index (χ0n) is 11.2. The van der Waals surface area contributed by atoms with E-state index in [1.165, 1.54) is 16.4 Å². The minimum Gasteiger partial charge on any atom is -0.330 e. The van der Waals surface area contributed by atoms with Crippen LogP contribution in [0.1, 0.15) is 12.8 Å². The third-order valence-electron chi connectivity index (χ3n) is 3.55. The van der Waals surface area contributed by atoms with E-state index in [2.05, 4.69) is 0 Å². The van der Waals surface area contributed by atoms with Crippen molar-refractivity contribution in [3.8, 4) is 0 Å². The molecule has 9 heteroatoms. The Labute approximate surface area is 127 Å². The average molecular weight is 334 g/mol. The summed E-state index contributed by atoms with van der Waals surface area (Å²) in [6.07, 6.45) is 1.56. The first kappa shape index (κ1) is 16.2. The molecule has 1 aromatic carbocycles. The van der Waals surface area contributed by atoms with Gasteiger partial charge < -0.3 is 5.73 Å². The molecular formula is C12H16ClN3O4S. The van der Waals surface area contributed by atoms with Crippen molar-refractivity contribution in [3.05, 3.63) is 33.3 Å². The molecule has 1 saturated heterocycles. The minimum atomic E-state index is -3.92. The lowest BCUT2D eigenvalue weighted by atomic mass is 10.0. The van der Waals surface area contributed by atoms with E-state index in [-0.39, 0.29) is 15.8 Å². The van der Waals surface area contributed by atoms with Crippen molar-refractivity contribution in [1.29, 1.82) is 0 Å². The summed E-state index contributed by atoms with van der Waals surface area (Å²) in [5, 5.41) is 11.2. The number of benzene rings is 1. The van der Waals surface area contributed by atoms with E-state index in [9.17, 15) is 18.5 Å². The summed E-state index contributed by atoms with van der Waals surface area (Å²) in [5.41, 5.74) is 5.10. The molecule has 1 unspecified atom stereocenters. The quantitative estimate of drug-likeness (QED) is 0.665. The van der Waals surface area contributed by atoms with Gasteiger partial charge in [-0.1, -0.05) is 11.6 Å². The molecule has 1 aromatic rings. The van der Waals surface area contributed by atoms with Crippen LogP contribution in [0.2, 0.25) is 5.02 Å². The second-order valence-corrected chi connectivity index (χ2v) is 7.32. The van der Waals surface area contributed by atoms with Gasteiger partial charge in [-0.05, 0) is 37.4 Å². The summed E-state index contributed by atoms with van der Waals surface area (Å²) >= 11 is 5.71. The number of nitrogens with two attached hydrogens (primary N) is 1. The van der Waals surface area contributed by atoms with Crippen LogP contribution >= 0.6 is 11.6 Å². The molecule has 1 aliphatic rings. The van der Waals surface area contributed by atoms with Gasteiger partial charge in [0.1, 0.15) is 0 Å². The Morgan fingerprint density at radius 3 is 2.81 bits per heavy atom. The van der Waals surface area contributed by atoms with Gasteiger partial charge in [0.25, 0.3) is 5.69 Å². The maximum Gasteiger partial charge on any atom is 0.290 e. The first-order valence-corrected chi connectivity index (χ1v) is 8.32. The highest BCUT2D eigenvalue weighted by Gasteiger charge is 2.34. The molecule has 0 saturated carbocycles. The van der Waals surface area contributed by atoms with Gasteiger partial charge in [-0.15, -0.1) is 0 Å². The van der Waals surface area contributed by atoms with Gasteiger partial charge >= 0.3 is 0 Å². The zero-order chi connectivity index (χ0) is 15.6. The van der Waals surface area contributed by atoms with Crippen molar-refractivity contribution in [2.45, 2.75) is 17.7 Å². The van der Waals surface area contributed by atoms with Crippen LogP contribution in [0.15, 0.2) is 23.1 Å². The SMILES string of the molecule is NCC1CCCN(S(=O)(=O)c2ccc(Cl)cc2[N+](=O)[O-])C1. The van der Waals surface area contributed by atoms with Gasteiger partial charge in [-0.2, -0.15) is 4.31 Å². The van der Waals surface area contributed by atoms with Gasteiger partial charge in [0.2, 0.25) is 10.0 Å². The number of nitro benzene ring substituents is 1. The number of hydrogen-bond donors (Lipinski definition) is 1. The van der Waals surface area contributed by atoms with E-state index in [1.54, 1.807) is 0 Å². The lowest BCUT2D eigenvalue weighted by Gasteiger charge is -2.31. The number of rotatable bonds is 4. The minimum absolute atomic E-state index is 0.0832. The normalized spacial score (nSPS) is 20.4. The van der Waals surface area contributed by atoms with E-state index >= 15 is 0 Å². The maximum absolute atomic E-state index is 12.6. The monoisotopic (exact) mass is 333 g/mol. The summed E-state index contributed by atoms with van der Waals surface area (Å²) in [6, 6.07) is 3.58. The van der Waals surface area contributed by atoms with Crippen molar-refractivity contribution < 1.29 is 13.3 Å². The van der Waals surface area contributed by atoms with Gasteiger partial charge in [0, 0.05) is 24.2 Å². The van der Waals surface area contributed by atoms with Crippen LogP contribution in [-0.4, -0.2) is 37.3 Å². The molecule has 0 amide bonds. The summed E-state index contributed by atoms with van der Waals surface area (Å²) < 4.78 is 26.5. The van der Waals surface area contributed by atoms with Crippen LogP contribution in [0.3, 0.4) is 0 Å². The van der Waals surface area contributed by atoms with Crippen molar-refractivity contribution in [2.24, 2.45) is 11.7 Å². The van der Waals surface area contributed by atoms with Crippen LogP contribution in [0, 0.1) is 16.0 Å². The summed E-state index contributed by atoms with van der Waals surface area (Å²) in [7, 11) is -3.92. The molecule has 0 aromatic heterocycles. The van der Waals surface area contributed by atoms with E-state index in [1.807, 2.05) is 0 Å². The van der Waals surface area contributed by atoms with Crippen LogP contribution < -0.4 is 5.73 Å². The highest BCUT2D eigenvalue weighted by molar-refractivity contribution is 7.89. The van der Waals surface area contributed by atoms with Crippen molar-refractivity contribution in [3.63, 3.8) is 0 Å². The predicted octanol–water partition coefficient (Wildman–Crippen LogP) is 1.61. The topological polar surface area (TPSA) is 107 Å².